The van der Waals surface area contributed by atoms with E-state index in [9.17, 15) is 9.59 Å². The zero-order valence-corrected chi connectivity index (χ0v) is 23.5. The first-order chi connectivity index (χ1) is 19.5. The van der Waals surface area contributed by atoms with Gasteiger partial charge in [0.05, 0.1) is 19.4 Å². The van der Waals surface area contributed by atoms with Crippen LogP contribution >= 0.6 is 0 Å². The molecule has 3 heterocycles. The van der Waals surface area contributed by atoms with Crippen molar-refractivity contribution in [2.45, 2.75) is 58.3 Å². The Morgan fingerprint density at radius 1 is 1.00 bits per heavy atom. The zero-order chi connectivity index (χ0) is 28.0. The second-order valence-corrected chi connectivity index (χ2v) is 10.9. The average molecular weight is 546 g/mol. The van der Waals surface area contributed by atoms with Crippen LogP contribution in [0.2, 0.25) is 0 Å². The van der Waals surface area contributed by atoms with Crippen LogP contribution in [0.4, 0.5) is 0 Å². The maximum Gasteiger partial charge on any atom is 0.293 e. The van der Waals surface area contributed by atoms with Gasteiger partial charge in [0.2, 0.25) is 11.7 Å². The van der Waals surface area contributed by atoms with Gasteiger partial charge in [0.1, 0.15) is 17.3 Å². The smallest absolute Gasteiger partial charge is 0.293 e. The third-order valence-corrected chi connectivity index (χ3v) is 8.23. The van der Waals surface area contributed by atoms with E-state index in [1.807, 2.05) is 48.2 Å². The van der Waals surface area contributed by atoms with Crippen LogP contribution in [0.5, 0.6) is 11.5 Å². The topological polar surface area (TPSA) is 98.6 Å². The number of piperidine rings is 1. The number of benzene rings is 2. The lowest BCUT2D eigenvalue weighted by Gasteiger charge is -2.42. The molecule has 9 heteroatoms. The molecule has 1 saturated heterocycles. The number of fused-ring (bicyclic) bond motifs is 1. The first-order valence-corrected chi connectivity index (χ1v) is 14.3. The van der Waals surface area contributed by atoms with E-state index in [-0.39, 0.29) is 23.1 Å². The number of likely N-dealkylation sites (tertiary alicyclic amines) is 1. The summed E-state index contributed by atoms with van der Waals surface area (Å²) in [6, 6.07) is 15.7. The van der Waals surface area contributed by atoms with Crippen molar-refractivity contribution in [1.82, 2.24) is 25.0 Å². The largest absolute Gasteiger partial charge is 0.497 e. The molecule has 1 spiro atoms. The van der Waals surface area contributed by atoms with Gasteiger partial charge in [-0.1, -0.05) is 24.6 Å². The van der Waals surface area contributed by atoms with Crippen LogP contribution in [0.1, 0.15) is 67.0 Å². The van der Waals surface area contributed by atoms with Crippen LogP contribution in [-0.4, -0.2) is 64.8 Å². The van der Waals surface area contributed by atoms with Crippen molar-refractivity contribution in [3.05, 3.63) is 65.7 Å². The Labute approximate surface area is 235 Å². The lowest BCUT2D eigenvalue weighted by Crippen LogP contribution is -2.48. The van der Waals surface area contributed by atoms with Gasteiger partial charge in [-0.15, -0.1) is 5.10 Å². The number of ether oxygens (including phenoxy) is 2. The Bertz CT molecular complexity index is 1310. The second-order valence-electron chi connectivity index (χ2n) is 10.9. The molecular formula is C31H39N5O4. The molecule has 0 bridgehead atoms. The maximum absolute atomic E-state index is 13.4. The summed E-state index contributed by atoms with van der Waals surface area (Å²) in [5, 5.41) is 7.73. The third-order valence-electron chi connectivity index (χ3n) is 8.23. The Morgan fingerprint density at radius 2 is 1.77 bits per heavy atom. The molecule has 0 unspecified atom stereocenters. The molecule has 1 fully saturated rings. The molecule has 40 heavy (non-hydrogen) atoms. The second kappa shape index (κ2) is 12.5. The lowest BCUT2D eigenvalue weighted by atomic mass is 9.74. The SMILES string of the molecule is COc1ccc(-n2nc(C(=O)N3CCC4(CCCCc5ccccc5OCCCC(=O)NC4)CC3)nc2C)cc1. The number of nitrogens with one attached hydrogen (secondary N) is 1. The molecule has 212 valence electrons. The molecule has 0 radical (unpaired) electrons. The monoisotopic (exact) mass is 545 g/mol. The molecule has 0 atom stereocenters. The van der Waals surface area contributed by atoms with Crippen molar-refractivity contribution in [3.63, 3.8) is 0 Å². The van der Waals surface area contributed by atoms with Crippen LogP contribution < -0.4 is 14.8 Å². The molecule has 1 aromatic heterocycles. The lowest BCUT2D eigenvalue weighted by molar-refractivity contribution is -0.122. The minimum absolute atomic E-state index is 0.0155. The number of aryl methyl sites for hydroxylation is 2. The first kappa shape index (κ1) is 27.7. The van der Waals surface area contributed by atoms with Gasteiger partial charge < -0.3 is 19.7 Å². The summed E-state index contributed by atoms with van der Waals surface area (Å²) in [4.78, 5) is 32.4. The fourth-order valence-corrected chi connectivity index (χ4v) is 5.75. The highest BCUT2D eigenvalue weighted by atomic mass is 16.5. The van der Waals surface area contributed by atoms with Crippen molar-refractivity contribution in [1.29, 1.82) is 0 Å². The molecule has 5 rings (SSSR count). The first-order valence-electron chi connectivity index (χ1n) is 14.3. The number of hydrogen-bond acceptors (Lipinski definition) is 6. The molecule has 3 aromatic rings. The van der Waals surface area contributed by atoms with Gasteiger partial charge in [0.15, 0.2) is 0 Å². The number of aromatic nitrogens is 3. The molecule has 2 amide bonds. The zero-order valence-electron chi connectivity index (χ0n) is 23.5. The minimum atomic E-state index is -0.147. The number of rotatable bonds is 3. The molecule has 1 N–H and O–H groups in total. The molecule has 0 aliphatic carbocycles. The van der Waals surface area contributed by atoms with Crippen molar-refractivity contribution in [2.24, 2.45) is 5.41 Å². The molecule has 2 aliphatic heterocycles. The molecule has 0 saturated carbocycles. The Kier molecular flexibility index (Phi) is 8.67. The van der Waals surface area contributed by atoms with Gasteiger partial charge >= 0.3 is 0 Å². The third kappa shape index (κ3) is 6.46. The Morgan fingerprint density at radius 3 is 2.55 bits per heavy atom. The van der Waals surface area contributed by atoms with Crippen molar-refractivity contribution >= 4 is 11.8 Å². The van der Waals surface area contributed by atoms with Gasteiger partial charge in [0.25, 0.3) is 5.91 Å². The normalized spacial score (nSPS) is 18.2. The van der Waals surface area contributed by atoms with Gasteiger partial charge in [-0.2, -0.15) is 0 Å². The fraction of sp³-hybridized carbons (Fsp3) is 0.484. The average Bonchev–Trinajstić information content (AvgIpc) is 3.38. The number of methoxy groups -OCH3 is 1. The predicted molar refractivity (Wildman–Crippen MR) is 152 cm³/mol. The Balaban J connectivity index is 1.23. The van der Waals surface area contributed by atoms with E-state index in [1.165, 1.54) is 5.56 Å². The Hall–Kier alpha value is -3.88. The summed E-state index contributed by atoms with van der Waals surface area (Å²) in [7, 11) is 1.63. The van der Waals surface area contributed by atoms with E-state index >= 15 is 0 Å². The molecular weight excluding hydrogens is 506 g/mol. The van der Waals surface area contributed by atoms with E-state index in [0.29, 0.717) is 44.9 Å². The van der Waals surface area contributed by atoms with Gasteiger partial charge in [0, 0.05) is 26.1 Å². The van der Waals surface area contributed by atoms with Crippen LogP contribution in [0.15, 0.2) is 48.5 Å². The molecule has 2 aliphatic rings. The summed E-state index contributed by atoms with van der Waals surface area (Å²) >= 11 is 0. The van der Waals surface area contributed by atoms with E-state index in [4.69, 9.17) is 9.47 Å². The van der Waals surface area contributed by atoms with Crippen LogP contribution in [-0.2, 0) is 11.2 Å². The summed E-state index contributed by atoms with van der Waals surface area (Å²) in [5.74, 6) is 2.47. The maximum atomic E-state index is 13.4. The summed E-state index contributed by atoms with van der Waals surface area (Å²) in [6.07, 6.45) is 6.94. The predicted octanol–water partition coefficient (Wildman–Crippen LogP) is 4.51. The number of carbonyl (C=O) groups is 2. The quantitative estimate of drug-likeness (QED) is 0.520. The van der Waals surface area contributed by atoms with E-state index in [0.717, 1.165) is 55.7 Å². The van der Waals surface area contributed by atoms with Gasteiger partial charge in [-0.3, -0.25) is 9.59 Å². The van der Waals surface area contributed by atoms with Crippen molar-refractivity contribution in [2.75, 3.05) is 33.4 Å². The fourth-order valence-electron chi connectivity index (χ4n) is 5.75. The molecule has 2 aromatic carbocycles. The number of hydrogen-bond donors (Lipinski definition) is 1. The highest BCUT2D eigenvalue weighted by Crippen LogP contribution is 2.37. The van der Waals surface area contributed by atoms with E-state index in [2.05, 4.69) is 27.5 Å². The highest BCUT2D eigenvalue weighted by Gasteiger charge is 2.37. The number of carbonyl (C=O) groups excluding carboxylic acids is 2. The summed E-state index contributed by atoms with van der Waals surface area (Å²) in [6.45, 7) is 4.29. The summed E-state index contributed by atoms with van der Waals surface area (Å²) < 4.78 is 12.9. The highest BCUT2D eigenvalue weighted by molar-refractivity contribution is 5.90. The van der Waals surface area contributed by atoms with Gasteiger partial charge in [-0.05, 0) is 86.8 Å². The van der Waals surface area contributed by atoms with Crippen LogP contribution in [0.25, 0.3) is 5.69 Å². The minimum Gasteiger partial charge on any atom is -0.497 e. The van der Waals surface area contributed by atoms with E-state index < -0.39 is 0 Å². The standard InChI is InChI=1S/C31H39N5O4/c1-23-33-29(34-36(23)25-12-14-26(39-2)15-13-25)30(38)35-19-17-31(18-20-35)16-6-5-9-24-8-3-4-10-27(24)40-21-7-11-28(37)32-22-31/h3-4,8,10,12-15H,5-7,9,11,16-22H2,1-2H3,(H,32,37). The van der Waals surface area contributed by atoms with Crippen molar-refractivity contribution in [3.8, 4) is 17.2 Å². The van der Waals surface area contributed by atoms with Gasteiger partial charge in [-0.25, -0.2) is 9.67 Å². The molecule has 9 nitrogen and oxygen atoms in total. The van der Waals surface area contributed by atoms with E-state index in [1.54, 1.807) is 11.8 Å². The number of amides is 2. The van der Waals surface area contributed by atoms with Crippen LogP contribution in [0, 0.1) is 12.3 Å². The number of para-hydroxylation sites is 1. The van der Waals surface area contributed by atoms with Crippen LogP contribution in [0.3, 0.4) is 0 Å². The number of nitrogens with zero attached hydrogens (tertiary/aromatic N) is 4. The summed E-state index contributed by atoms with van der Waals surface area (Å²) in [5.41, 5.74) is 2.04. The van der Waals surface area contributed by atoms with Crippen molar-refractivity contribution < 1.29 is 19.1 Å².